The molecule has 3 rings (SSSR count). The van der Waals surface area contributed by atoms with Crippen LogP contribution in [0.4, 0.5) is 10.1 Å². The van der Waals surface area contributed by atoms with Crippen molar-refractivity contribution < 1.29 is 4.39 Å². The highest BCUT2D eigenvalue weighted by Crippen LogP contribution is 2.20. The topological polar surface area (TPSA) is 44.0 Å². The average Bonchev–Trinajstić information content (AvgIpc) is 2.93. The van der Waals surface area contributed by atoms with Crippen molar-refractivity contribution in [3.63, 3.8) is 0 Å². The molecule has 0 radical (unpaired) electrons. The predicted octanol–water partition coefficient (Wildman–Crippen LogP) is 2.09. The van der Waals surface area contributed by atoms with Crippen molar-refractivity contribution in [2.75, 3.05) is 18.0 Å². The summed E-state index contributed by atoms with van der Waals surface area (Å²) >= 11 is 0. The van der Waals surface area contributed by atoms with Crippen LogP contribution in [0.15, 0.2) is 30.6 Å². The van der Waals surface area contributed by atoms with Gasteiger partial charge in [0.1, 0.15) is 5.82 Å². The molecule has 5 heteroatoms. The maximum absolute atomic E-state index is 13.9. The van der Waals surface area contributed by atoms with Gasteiger partial charge in [0, 0.05) is 32.1 Å². The molecule has 1 aromatic heterocycles. The van der Waals surface area contributed by atoms with Gasteiger partial charge >= 0.3 is 0 Å². The van der Waals surface area contributed by atoms with E-state index in [2.05, 4.69) is 27.1 Å². The molecule has 0 bridgehead atoms. The Hall–Kier alpha value is -1.88. The number of hydrogen-bond donors (Lipinski definition) is 2. The molecule has 4 nitrogen and oxygen atoms in total. The van der Waals surface area contributed by atoms with E-state index in [0.29, 0.717) is 11.7 Å². The Morgan fingerprint density at radius 3 is 3.05 bits per heavy atom. The first-order chi connectivity index (χ1) is 9.78. The number of benzene rings is 1. The summed E-state index contributed by atoms with van der Waals surface area (Å²) in [6.07, 6.45) is 2.62. The van der Waals surface area contributed by atoms with Crippen LogP contribution in [-0.2, 0) is 13.0 Å². The summed E-state index contributed by atoms with van der Waals surface area (Å²) < 4.78 is 13.9. The largest absolute Gasteiger partial charge is 0.368 e. The van der Waals surface area contributed by atoms with Crippen LogP contribution < -0.4 is 10.2 Å². The molecule has 0 saturated heterocycles. The standard InChI is InChI=1S/C15H19FN4/c1-2-20(15-6-4-3-5-12(15)16)9-11-7-13-14(8-17-11)19-10-18-13/h3-6,10-11,17H,2,7-9H2,1H3,(H,18,19). The molecular weight excluding hydrogens is 255 g/mol. The van der Waals surface area contributed by atoms with Crippen molar-refractivity contribution in [3.8, 4) is 0 Å². The van der Waals surface area contributed by atoms with Crippen molar-refractivity contribution in [1.29, 1.82) is 0 Å². The highest BCUT2D eigenvalue weighted by atomic mass is 19.1. The number of H-pyrrole nitrogens is 1. The summed E-state index contributed by atoms with van der Waals surface area (Å²) in [5, 5.41) is 3.48. The van der Waals surface area contributed by atoms with Gasteiger partial charge in [-0.3, -0.25) is 0 Å². The summed E-state index contributed by atoms with van der Waals surface area (Å²) in [7, 11) is 0. The molecule has 1 aliphatic heterocycles. The molecule has 1 unspecified atom stereocenters. The molecule has 106 valence electrons. The number of halogens is 1. The van der Waals surface area contributed by atoms with E-state index in [1.54, 1.807) is 12.4 Å². The maximum atomic E-state index is 13.9. The number of anilines is 1. The highest BCUT2D eigenvalue weighted by Gasteiger charge is 2.22. The molecule has 0 amide bonds. The summed E-state index contributed by atoms with van der Waals surface area (Å²) in [4.78, 5) is 9.56. The van der Waals surface area contributed by atoms with E-state index in [9.17, 15) is 4.39 Å². The minimum atomic E-state index is -0.161. The van der Waals surface area contributed by atoms with Gasteiger partial charge in [-0.15, -0.1) is 0 Å². The minimum Gasteiger partial charge on any atom is -0.368 e. The Balaban J connectivity index is 1.72. The number of likely N-dealkylation sites (N-methyl/N-ethyl adjacent to an activating group) is 1. The third kappa shape index (κ3) is 2.54. The first-order valence-electron chi connectivity index (χ1n) is 7.02. The summed E-state index contributed by atoms with van der Waals surface area (Å²) in [6, 6.07) is 7.24. The zero-order chi connectivity index (χ0) is 13.9. The Morgan fingerprint density at radius 2 is 2.25 bits per heavy atom. The zero-order valence-corrected chi connectivity index (χ0v) is 11.6. The van der Waals surface area contributed by atoms with Crippen LogP contribution in [-0.4, -0.2) is 29.1 Å². The van der Waals surface area contributed by atoms with Crippen molar-refractivity contribution in [2.45, 2.75) is 25.9 Å². The predicted molar refractivity (Wildman–Crippen MR) is 77.2 cm³/mol. The summed E-state index contributed by atoms with van der Waals surface area (Å²) in [5.74, 6) is -0.161. The molecule has 0 saturated carbocycles. The maximum Gasteiger partial charge on any atom is 0.146 e. The average molecular weight is 274 g/mol. The normalized spacial score (nSPS) is 17.8. The number of imidazole rings is 1. The van der Waals surface area contributed by atoms with E-state index in [1.807, 2.05) is 12.1 Å². The third-order valence-electron chi connectivity index (χ3n) is 3.83. The van der Waals surface area contributed by atoms with Crippen molar-refractivity contribution >= 4 is 5.69 Å². The first kappa shape index (κ1) is 13.1. The van der Waals surface area contributed by atoms with E-state index < -0.39 is 0 Å². The number of hydrogen-bond acceptors (Lipinski definition) is 3. The number of aromatic nitrogens is 2. The lowest BCUT2D eigenvalue weighted by atomic mass is 10.0. The molecule has 1 aliphatic rings. The van der Waals surface area contributed by atoms with Crippen LogP contribution >= 0.6 is 0 Å². The fourth-order valence-corrected chi connectivity index (χ4v) is 2.73. The monoisotopic (exact) mass is 274 g/mol. The van der Waals surface area contributed by atoms with Crippen LogP contribution in [0.2, 0.25) is 0 Å². The second kappa shape index (κ2) is 5.63. The van der Waals surface area contributed by atoms with Crippen LogP contribution in [0, 0.1) is 5.82 Å². The lowest BCUT2D eigenvalue weighted by molar-refractivity contribution is 0.464. The Kier molecular flexibility index (Phi) is 3.69. The summed E-state index contributed by atoms with van der Waals surface area (Å²) in [5.41, 5.74) is 2.96. The van der Waals surface area contributed by atoms with Crippen LogP contribution in [0.5, 0.6) is 0 Å². The van der Waals surface area contributed by atoms with Gasteiger partial charge in [0.25, 0.3) is 0 Å². The van der Waals surface area contributed by atoms with Gasteiger partial charge in [-0.2, -0.15) is 0 Å². The van der Waals surface area contributed by atoms with E-state index in [1.165, 1.54) is 6.07 Å². The lowest BCUT2D eigenvalue weighted by Gasteiger charge is -2.31. The molecule has 0 fully saturated rings. The van der Waals surface area contributed by atoms with Gasteiger partial charge < -0.3 is 15.2 Å². The third-order valence-corrected chi connectivity index (χ3v) is 3.83. The Labute approximate surface area is 118 Å². The lowest BCUT2D eigenvalue weighted by Crippen LogP contribution is -2.45. The van der Waals surface area contributed by atoms with E-state index in [0.717, 1.165) is 37.4 Å². The molecule has 1 atom stereocenters. The van der Waals surface area contributed by atoms with Gasteiger partial charge in [0.15, 0.2) is 0 Å². The smallest absolute Gasteiger partial charge is 0.146 e. The second-order valence-corrected chi connectivity index (χ2v) is 5.10. The number of para-hydroxylation sites is 1. The fraction of sp³-hybridized carbons (Fsp3) is 0.400. The van der Waals surface area contributed by atoms with Crippen LogP contribution in [0.3, 0.4) is 0 Å². The fourth-order valence-electron chi connectivity index (χ4n) is 2.73. The van der Waals surface area contributed by atoms with Gasteiger partial charge in [0.05, 0.1) is 23.4 Å². The van der Waals surface area contributed by atoms with Gasteiger partial charge in [-0.25, -0.2) is 9.37 Å². The van der Waals surface area contributed by atoms with Crippen molar-refractivity contribution in [2.24, 2.45) is 0 Å². The van der Waals surface area contributed by atoms with E-state index >= 15 is 0 Å². The molecule has 0 spiro atoms. The van der Waals surface area contributed by atoms with Crippen molar-refractivity contribution in [1.82, 2.24) is 15.3 Å². The van der Waals surface area contributed by atoms with Gasteiger partial charge in [0.2, 0.25) is 0 Å². The zero-order valence-electron chi connectivity index (χ0n) is 11.6. The summed E-state index contributed by atoms with van der Waals surface area (Å²) in [6.45, 7) is 4.42. The molecule has 0 aliphatic carbocycles. The number of aromatic amines is 1. The molecule has 2 N–H and O–H groups in total. The molecule has 1 aromatic carbocycles. The SMILES string of the molecule is CCN(CC1Cc2nc[nH]c2CN1)c1ccccc1F. The van der Waals surface area contributed by atoms with Crippen LogP contribution in [0.1, 0.15) is 18.3 Å². The first-order valence-corrected chi connectivity index (χ1v) is 7.02. The number of nitrogens with zero attached hydrogens (tertiary/aromatic N) is 2. The number of rotatable bonds is 4. The van der Waals surface area contributed by atoms with Crippen molar-refractivity contribution in [3.05, 3.63) is 47.8 Å². The number of fused-ring (bicyclic) bond motifs is 1. The second-order valence-electron chi connectivity index (χ2n) is 5.10. The Bertz CT molecular complexity index is 581. The van der Waals surface area contributed by atoms with E-state index in [4.69, 9.17) is 0 Å². The van der Waals surface area contributed by atoms with Gasteiger partial charge in [-0.1, -0.05) is 12.1 Å². The van der Waals surface area contributed by atoms with Crippen LogP contribution in [0.25, 0.3) is 0 Å². The molecule has 2 heterocycles. The number of nitrogens with one attached hydrogen (secondary N) is 2. The molecule has 2 aromatic rings. The minimum absolute atomic E-state index is 0.161. The van der Waals surface area contributed by atoms with E-state index in [-0.39, 0.29) is 5.82 Å². The molecule has 20 heavy (non-hydrogen) atoms. The quantitative estimate of drug-likeness (QED) is 0.897. The molecular formula is C15H19FN4. The Morgan fingerprint density at radius 1 is 1.40 bits per heavy atom. The highest BCUT2D eigenvalue weighted by molar-refractivity contribution is 5.47. The van der Waals surface area contributed by atoms with Gasteiger partial charge in [-0.05, 0) is 19.1 Å².